The quantitative estimate of drug-likeness (QED) is 0.878. The number of carbonyl (C=O) groups excluding carboxylic acids is 1. The lowest BCUT2D eigenvalue weighted by Crippen LogP contribution is -2.30. The van der Waals surface area contributed by atoms with Crippen LogP contribution < -0.4 is 10.6 Å². The molecule has 1 rings (SSSR count). The number of alkyl halides is 3. The van der Waals surface area contributed by atoms with Crippen LogP contribution in [-0.4, -0.2) is 18.5 Å². The van der Waals surface area contributed by atoms with Gasteiger partial charge >= 0.3 is 6.18 Å². The second-order valence-electron chi connectivity index (χ2n) is 4.58. The number of amides is 1. The van der Waals surface area contributed by atoms with Gasteiger partial charge in [-0.3, -0.25) is 4.79 Å². The van der Waals surface area contributed by atoms with Crippen molar-refractivity contribution in [2.24, 2.45) is 0 Å². The molecule has 0 radical (unpaired) electrons. The molecule has 0 spiro atoms. The first kappa shape index (κ1) is 17.0. The molecule has 1 atom stereocenters. The van der Waals surface area contributed by atoms with Crippen LogP contribution >= 0.6 is 0 Å². The van der Waals surface area contributed by atoms with E-state index in [2.05, 4.69) is 10.6 Å². The van der Waals surface area contributed by atoms with E-state index in [4.69, 9.17) is 5.26 Å². The fraction of sp³-hybridized carbons (Fsp3) is 0.429. The van der Waals surface area contributed by atoms with Crippen LogP contribution in [0, 0.1) is 11.3 Å². The van der Waals surface area contributed by atoms with E-state index in [1.807, 2.05) is 13.8 Å². The first-order chi connectivity index (χ1) is 9.77. The van der Waals surface area contributed by atoms with Gasteiger partial charge in [0.15, 0.2) is 0 Å². The van der Waals surface area contributed by atoms with E-state index in [1.54, 1.807) is 6.07 Å². The van der Waals surface area contributed by atoms with Crippen LogP contribution in [0.2, 0.25) is 0 Å². The van der Waals surface area contributed by atoms with Gasteiger partial charge in [0, 0.05) is 12.5 Å². The molecule has 0 aliphatic rings. The molecule has 1 aromatic carbocycles. The summed E-state index contributed by atoms with van der Waals surface area (Å²) >= 11 is 0. The summed E-state index contributed by atoms with van der Waals surface area (Å²) in [6.07, 6.45) is -4.35. The highest BCUT2D eigenvalue weighted by atomic mass is 19.4. The van der Waals surface area contributed by atoms with Crippen molar-refractivity contribution in [2.75, 3.05) is 11.9 Å². The summed E-state index contributed by atoms with van der Waals surface area (Å²) in [5.41, 5.74) is -1.05. The Kier molecular flexibility index (Phi) is 5.73. The molecule has 0 bridgehead atoms. The third-order valence-electron chi connectivity index (χ3n) is 2.79. The molecule has 0 aromatic heterocycles. The minimum absolute atomic E-state index is 0.0602. The predicted octanol–water partition coefficient (Wildman–Crippen LogP) is 2.90. The lowest BCUT2D eigenvalue weighted by molar-refractivity contribution is -0.137. The predicted molar refractivity (Wildman–Crippen MR) is 72.5 cm³/mol. The van der Waals surface area contributed by atoms with Gasteiger partial charge in [-0.25, -0.2) is 0 Å². The molecule has 7 heteroatoms. The summed E-state index contributed by atoms with van der Waals surface area (Å²) in [6, 6.07) is 4.26. The number of hydrogen-bond donors (Lipinski definition) is 2. The highest BCUT2D eigenvalue weighted by Crippen LogP contribution is 2.31. The Labute approximate surface area is 121 Å². The zero-order valence-corrected chi connectivity index (χ0v) is 11.7. The molecule has 1 aromatic rings. The Morgan fingerprint density at radius 2 is 2.10 bits per heavy atom. The van der Waals surface area contributed by atoms with Gasteiger partial charge in [-0.2, -0.15) is 18.4 Å². The van der Waals surface area contributed by atoms with Crippen LogP contribution in [0.15, 0.2) is 18.2 Å². The molecule has 114 valence electrons. The lowest BCUT2D eigenvalue weighted by Gasteiger charge is -2.14. The van der Waals surface area contributed by atoms with Gasteiger partial charge in [0.05, 0.1) is 16.8 Å². The zero-order valence-electron chi connectivity index (χ0n) is 11.7. The van der Waals surface area contributed by atoms with E-state index in [1.165, 1.54) is 0 Å². The zero-order chi connectivity index (χ0) is 16.0. The van der Waals surface area contributed by atoms with E-state index in [0.717, 1.165) is 18.2 Å². The van der Waals surface area contributed by atoms with Gasteiger partial charge in [-0.15, -0.1) is 0 Å². The van der Waals surface area contributed by atoms with Crippen molar-refractivity contribution < 1.29 is 18.0 Å². The molecule has 0 heterocycles. The monoisotopic (exact) mass is 299 g/mol. The van der Waals surface area contributed by atoms with Gasteiger partial charge < -0.3 is 10.6 Å². The number of anilines is 1. The Balaban J connectivity index is 2.85. The maximum atomic E-state index is 12.6. The fourth-order valence-electron chi connectivity index (χ4n) is 1.82. The third kappa shape index (κ3) is 5.08. The number of hydrogen-bond acceptors (Lipinski definition) is 3. The summed E-state index contributed by atoms with van der Waals surface area (Å²) in [4.78, 5) is 11.8. The second kappa shape index (κ2) is 7.09. The molecule has 2 N–H and O–H groups in total. The molecule has 21 heavy (non-hydrogen) atoms. The summed E-state index contributed by atoms with van der Waals surface area (Å²) < 4.78 is 37.7. The number of halogens is 3. The van der Waals surface area contributed by atoms with Crippen molar-refractivity contribution in [1.82, 2.24) is 5.32 Å². The molecule has 4 nitrogen and oxygen atoms in total. The highest BCUT2D eigenvalue weighted by molar-refractivity contribution is 5.92. The number of nitrogens with one attached hydrogen (secondary N) is 2. The number of rotatable bonds is 5. The van der Waals surface area contributed by atoms with Gasteiger partial charge in [-0.1, -0.05) is 6.92 Å². The Bertz CT molecular complexity index is 549. The molecule has 1 amide bonds. The number of nitrogens with zero attached hydrogens (tertiary/aromatic N) is 1. The molecule has 0 fully saturated rings. The van der Waals surface area contributed by atoms with E-state index in [0.29, 0.717) is 6.54 Å². The summed E-state index contributed by atoms with van der Waals surface area (Å²) in [5, 5.41) is 14.4. The standard InChI is InChI=1S/C14H16F3N3O/c1-3-19-9(2)6-13(21)20-12-5-4-11(14(15,16)17)7-10(12)8-18/h4-5,7,9,19H,3,6H2,1-2H3,(H,20,21). The minimum atomic E-state index is -4.52. The SMILES string of the molecule is CCNC(C)CC(=O)Nc1ccc(C(F)(F)F)cc1C#N. The highest BCUT2D eigenvalue weighted by Gasteiger charge is 2.31. The Hall–Kier alpha value is -2.07. The molecule has 0 aliphatic carbocycles. The van der Waals surface area contributed by atoms with Crippen LogP contribution in [0.25, 0.3) is 0 Å². The maximum absolute atomic E-state index is 12.6. The average molecular weight is 299 g/mol. The molecule has 0 aliphatic heterocycles. The van der Waals surface area contributed by atoms with Gasteiger partial charge in [-0.05, 0) is 31.7 Å². The van der Waals surface area contributed by atoms with Crippen LogP contribution in [-0.2, 0) is 11.0 Å². The smallest absolute Gasteiger partial charge is 0.325 e. The van der Waals surface area contributed by atoms with Crippen molar-refractivity contribution in [1.29, 1.82) is 5.26 Å². The van der Waals surface area contributed by atoms with Crippen LogP contribution in [0.1, 0.15) is 31.4 Å². The fourth-order valence-corrected chi connectivity index (χ4v) is 1.82. The Morgan fingerprint density at radius 3 is 2.62 bits per heavy atom. The molecule has 0 saturated carbocycles. The van der Waals surface area contributed by atoms with Crippen molar-refractivity contribution in [3.63, 3.8) is 0 Å². The van der Waals surface area contributed by atoms with Gasteiger partial charge in [0.2, 0.25) is 5.91 Å². The number of carbonyl (C=O) groups is 1. The van der Waals surface area contributed by atoms with Gasteiger partial charge in [0.25, 0.3) is 0 Å². The molecule has 1 unspecified atom stereocenters. The van der Waals surface area contributed by atoms with Crippen LogP contribution in [0.4, 0.5) is 18.9 Å². The van der Waals surface area contributed by atoms with E-state index in [-0.39, 0.29) is 29.6 Å². The topological polar surface area (TPSA) is 64.9 Å². The number of nitriles is 1. The largest absolute Gasteiger partial charge is 0.416 e. The van der Waals surface area contributed by atoms with Crippen molar-refractivity contribution in [3.8, 4) is 6.07 Å². The summed E-state index contributed by atoms with van der Waals surface area (Å²) in [7, 11) is 0. The summed E-state index contributed by atoms with van der Waals surface area (Å²) in [5.74, 6) is -0.361. The molecular weight excluding hydrogens is 283 g/mol. The first-order valence-electron chi connectivity index (χ1n) is 6.42. The second-order valence-corrected chi connectivity index (χ2v) is 4.58. The maximum Gasteiger partial charge on any atom is 0.416 e. The van der Waals surface area contributed by atoms with Crippen LogP contribution in [0.5, 0.6) is 0 Å². The Morgan fingerprint density at radius 1 is 1.43 bits per heavy atom. The van der Waals surface area contributed by atoms with Crippen molar-refractivity contribution in [2.45, 2.75) is 32.5 Å². The number of benzene rings is 1. The average Bonchev–Trinajstić information content (AvgIpc) is 2.37. The molecular formula is C14H16F3N3O. The van der Waals surface area contributed by atoms with Crippen LogP contribution in [0.3, 0.4) is 0 Å². The van der Waals surface area contributed by atoms with Crippen molar-refractivity contribution >= 4 is 11.6 Å². The summed E-state index contributed by atoms with van der Waals surface area (Å²) in [6.45, 7) is 4.43. The van der Waals surface area contributed by atoms with E-state index < -0.39 is 11.7 Å². The van der Waals surface area contributed by atoms with E-state index in [9.17, 15) is 18.0 Å². The lowest BCUT2D eigenvalue weighted by atomic mass is 10.1. The van der Waals surface area contributed by atoms with Crippen molar-refractivity contribution in [3.05, 3.63) is 29.3 Å². The van der Waals surface area contributed by atoms with Gasteiger partial charge in [0.1, 0.15) is 6.07 Å². The first-order valence-corrected chi connectivity index (χ1v) is 6.42. The van der Waals surface area contributed by atoms with E-state index >= 15 is 0 Å². The molecule has 0 saturated heterocycles. The third-order valence-corrected chi connectivity index (χ3v) is 2.79. The normalized spacial score (nSPS) is 12.6. The minimum Gasteiger partial charge on any atom is -0.325 e.